The Bertz CT molecular complexity index is 209. The molecule has 1 aromatic rings. The zero-order valence-electron chi connectivity index (χ0n) is 7.91. The van der Waals surface area contributed by atoms with E-state index in [-0.39, 0.29) is 53.8 Å². The van der Waals surface area contributed by atoms with E-state index in [4.69, 9.17) is 4.79 Å². The Morgan fingerprint density at radius 1 is 1.38 bits per heavy atom. The van der Waals surface area contributed by atoms with Crippen molar-refractivity contribution in [3.8, 4) is 0 Å². The van der Waals surface area contributed by atoms with E-state index in [2.05, 4.69) is 26.0 Å². The number of carbonyl (C=O) groups excluding carboxylic acids is 1. The normalized spacial score (nSPS) is 6.62. The third-order valence-corrected chi connectivity index (χ3v) is 1.08. The summed E-state index contributed by atoms with van der Waals surface area (Å²) in [5.74, 6) is 0. The minimum atomic E-state index is 0. The minimum absolute atomic E-state index is 0. The molecule has 13 heavy (non-hydrogen) atoms. The van der Waals surface area contributed by atoms with Crippen LogP contribution in [0, 0.1) is 13.8 Å². The number of hydrogen-bond acceptors (Lipinski definition) is 1. The third-order valence-electron chi connectivity index (χ3n) is 1.08. The van der Waals surface area contributed by atoms with Crippen LogP contribution in [0.1, 0.15) is 18.1 Å². The molecule has 0 saturated carbocycles. The summed E-state index contributed by atoms with van der Waals surface area (Å²) < 4.78 is 0. The van der Waals surface area contributed by atoms with E-state index in [0.717, 1.165) is 5.56 Å². The van der Waals surface area contributed by atoms with Crippen molar-refractivity contribution in [2.75, 3.05) is 0 Å². The summed E-state index contributed by atoms with van der Waals surface area (Å²) in [5, 5.41) is 0. The molecule has 0 unspecified atom stereocenters. The average Bonchev–Trinajstić information content (AvgIpc) is 1.88. The van der Waals surface area contributed by atoms with Crippen LogP contribution in [-0.4, -0.2) is 6.29 Å². The van der Waals surface area contributed by atoms with Crippen molar-refractivity contribution < 1.29 is 58.6 Å². The fourth-order valence-electron chi connectivity index (χ4n) is 0.712. The molecule has 0 heterocycles. The molecule has 1 rings (SSSR count). The van der Waals surface area contributed by atoms with Crippen LogP contribution < -0.4 is 0 Å². The van der Waals surface area contributed by atoms with Crippen molar-refractivity contribution in [3.63, 3.8) is 0 Å². The predicted octanol–water partition coefficient (Wildman–Crippen LogP) is 2.29. The monoisotopic (exact) mass is 421 g/mol. The summed E-state index contributed by atoms with van der Waals surface area (Å²) in [7, 11) is 0. The summed E-state index contributed by atoms with van der Waals surface area (Å²) >= 11 is 0. The van der Waals surface area contributed by atoms with E-state index < -0.39 is 0 Å². The molecule has 1 nitrogen and oxygen atoms in total. The summed E-state index contributed by atoms with van der Waals surface area (Å²) in [6.45, 7) is 7.16. The quantitative estimate of drug-likeness (QED) is 0.588. The van der Waals surface area contributed by atoms with E-state index in [9.17, 15) is 0 Å². The van der Waals surface area contributed by atoms with Gasteiger partial charge in [-0.1, -0.05) is 13.0 Å². The molecule has 69 valence electrons. The van der Waals surface area contributed by atoms with Gasteiger partial charge in [0.2, 0.25) is 0 Å². The molecule has 0 amide bonds. The van der Waals surface area contributed by atoms with Gasteiger partial charge in [0, 0.05) is 53.8 Å². The summed E-state index contributed by atoms with van der Waals surface area (Å²) in [6, 6.07) is 8.12. The SMILES string of the molecule is C[C-]=O.[CH2-]c1cccc(C)c1.[W].[Y]. The van der Waals surface area contributed by atoms with Crippen molar-refractivity contribution in [2.24, 2.45) is 0 Å². The molecule has 1 aromatic carbocycles. The molecule has 0 aromatic heterocycles. The van der Waals surface area contributed by atoms with E-state index >= 15 is 0 Å². The second-order valence-electron chi connectivity index (χ2n) is 2.19. The van der Waals surface area contributed by atoms with Crippen LogP contribution >= 0.6 is 0 Å². The molecule has 1 radical (unpaired) electrons. The first-order valence-corrected chi connectivity index (χ1v) is 3.38. The second kappa shape index (κ2) is 12.6. The fraction of sp³-hybridized carbons (Fsp3) is 0.200. The Morgan fingerprint density at radius 2 is 1.85 bits per heavy atom. The van der Waals surface area contributed by atoms with Crippen LogP contribution in [-0.2, 0) is 58.6 Å². The van der Waals surface area contributed by atoms with Gasteiger partial charge < -0.3 is 4.79 Å². The largest absolute Gasteiger partial charge is 0.542 e. The third kappa shape index (κ3) is 12.6. The second-order valence-corrected chi connectivity index (χ2v) is 2.19. The minimum Gasteiger partial charge on any atom is -0.542 e. The molecule has 0 aliphatic carbocycles. The van der Waals surface area contributed by atoms with Crippen LogP contribution in [0.5, 0.6) is 0 Å². The number of hydrogen-bond donors (Lipinski definition) is 0. The van der Waals surface area contributed by atoms with Gasteiger partial charge in [0.15, 0.2) is 0 Å². The molecule has 3 heteroatoms. The summed E-state index contributed by atoms with van der Waals surface area (Å²) in [4.78, 5) is 8.68. The zero-order chi connectivity index (χ0) is 8.69. The first-order chi connectivity index (χ1) is 5.20. The molecular weight excluding hydrogens is 409 g/mol. The van der Waals surface area contributed by atoms with Crippen LogP contribution in [0.15, 0.2) is 24.3 Å². The van der Waals surface area contributed by atoms with Crippen molar-refractivity contribution in [2.45, 2.75) is 13.8 Å². The van der Waals surface area contributed by atoms with Crippen LogP contribution in [0.3, 0.4) is 0 Å². The van der Waals surface area contributed by atoms with Gasteiger partial charge in [0.1, 0.15) is 0 Å². The fourth-order valence-corrected chi connectivity index (χ4v) is 0.712. The Labute approximate surface area is 120 Å². The van der Waals surface area contributed by atoms with E-state index in [1.807, 2.05) is 12.1 Å². The number of rotatable bonds is 0. The summed E-state index contributed by atoms with van der Waals surface area (Å²) in [6.07, 6.45) is 1.50. The van der Waals surface area contributed by atoms with Crippen molar-refractivity contribution >= 4 is 6.29 Å². The zero-order valence-corrected chi connectivity index (χ0v) is 13.7. The maximum Gasteiger partial charge on any atom is 0 e. The van der Waals surface area contributed by atoms with Gasteiger partial charge in [-0.2, -0.15) is 31.5 Å². The Hall–Kier alpha value is 0.552. The predicted molar refractivity (Wildman–Crippen MR) is 47.0 cm³/mol. The van der Waals surface area contributed by atoms with Gasteiger partial charge in [0.05, 0.1) is 0 Å². The van der Waals surface area contributed by atoms with Crippen LogP contribution in [0.25, 0.3) is 0 Å². The molecule has 0 fully saturated rings. The molecular formula is C10H12OWY-2. The maximum absolute atomic E-state index is 8.68. The standard InChI is InChI=1S/C8H9.C2H3O.W.Y/c1-7-4-3-5-8(2)6-7;1-2-3;;/h3-6H,1H2,2H3;1H3;;/q2*-1;;. The van der Waals surface area contributed by atoms with Gasteiger partial charge in [-0.15, -0.1) is 11.6 Å². The molecule has 0 N–H and O–H groups in total. The van der Waals surface area contributed by atoms with Crippen molar-refractivity contribution in [1.82, 2.24) is 0 Å². The molecule has 0 saturated heterocycles. The van der Waals surface area contributed by atoms with E-state index in [1.165, 1.54) is 18.8 Å². The molecule has 0 aliphatic rings. The first kappa shape index (κ1) is 19.2. The smallest absolute Gasteiger partial charge is 0 e. The summed E-state index contributed by atoms with van der Waals surface area (Å²) in [5.41, 5.74) is 2.36. The Morgan fingerprint density at radius 3 is 2.08 bits per heavy atom. The van der Waals surface area contributed by atoms with Gasteiger partial charge >= 0.3 is 0 Å². The van der Waals surface area contributed by atoms with Gasteiger partial charge in [0.25, 0.3) is 0 Å². The first-order valence-electron chi connectivity index (χ1n) is 3.38. The number of aryl methyl sites for hydroxylation is 1. The van der Waals surface area contributed by atoms with Crippen LogP contribution in [0.4, 0.5) is 0 Å². The molecule has 0 atom stereocenters. The van der Waals surface area contributed by atoms with E-state index in [1.54, 1.807) is 0 Å². The molecule has 0 bridgehead atoms. The molecule has 0 spiro atoms. The van der Waals surface area contributed by atoms with Crippen LogP contribution in [0.2, 0.25) is 0 Å². The van der Waals surface area contributed by atoms with Crippen molar-refractivity contribution in [1.29, 1.82) is 0 Å². The Kier molecular flexibility index (Phi) is 18.5. The topological polar surface area (TPSA) is 17.1 Å². The number of benzene rings is 1. The van der Waals surface area contributed by atoms with Gasteiger partial charge in [-0.3, -0.25) is 6.29 Å². The Balaban J connectivity index is -0.000000180. The van der Waals surface area contributed by atoms with E-state index in [0.29, 0.717) is 0 Å². The van der Waals surface area contributed by atoms with Gasteiger partial charge in [-0.25, -0.2) is 0 Å². The molecule has 0 aliphatic heterocycles. The van der Waals surface area contributed by atoms with Gasteiger partial charge in [-0.05, 0) is 0 Å². The van der Waals surface area contributed by atoms with Crippen molar-refractivity contribution in [3.05, 3.63) is 42.3 Å². The average molecular weight is 421 g/mol. The maximum atomic E-state index is 8.68.